The maximum absolute atomic E-state index is 11.8. The number of allylic oxidation sites excluding steroid dienone is 1. The first-order valence-electron chi connectivity index (χ1n) is 10.4. The van der Waals surface area contributed by atoms with Crippen molar-refractivity contribution < 1.29 is 15.0 Å². The highest BCUT2D eigenvalue weighted by Gasteiger charge is 2.17. The minimum absolute atomic E-state index is 0.0883. The van der Waals surface area contributed by atoms with Gasteiger partial charge in [0.25, 0.3) is 0 Å². The number of nitrogens with one attached hydrogen (secondary N) is 1. The van der Waals surface area contributed by atoms with Crippen molar-refractivity contribution in [3.05, 3.63) is 12.2 Å². The zero-order valence-corrected chi connectivity index (χ0v) is 16.5. The van der Waals surface area contributed by atoms with E-state index in [0.29, 0.717) is 6.42 Å². The molecule has 0 heterocycles. The van der Waals surface area contributed by atoms with Crippen molar-refractivity contribution >= 4 is 5.91 Å². The number of carbonyl (C=O) groups is 1. The van der Waals surface area contributed by atoms with Gasteiger partial charge in [-0.3, -0.25) is 4.79 Å². The summed E-state index contributed by atoms with van der Waals surface area (Å²) in [5, 5.41) is 22.2. The van der Waals surface area contributed by atoms with Gasteiger partial charge in [-0.05, 0) is 19.3 Å². The first kappa shape index (κ1) is 24.1. The summed E-state index contributed by atoms with van der Waals surface area (Å²) >= 11 is 0. The van der Waals surface area contributed by atoms with Gasteiger partial charge in [-0.15, -0.1) is 0 Å². The number of hydrogen-bond donors (Lipinski definition) is 3. The van der Waals surface area contributed by atoms with Crippen molar-refractivity contribution in [2.45, 2.75) is 109 Å². The smallest absolute Gasteiger partial charge is 0.220 e. The molecule has 0 aliphatic heterocycles. The number of rotatable bonds is 17. The van der Waals surface area contributed by atoms with E-state index in [4.69, 9.17) is 0 Å². The molecule has 2 unspecified atom stereocenters. The minimum atomic E-state index is -0.825. The fourth-order valence-electron chi connectivity index (χ4n) is 2.82. The maximum Gasteiger partial charge on any atom is 0.220 e. The normalized spacial score (nSPS) is 13.9. The van der Waals surface area contributed by atoms with Crippen LogP contribution in [0.5, 0.6) is 0 Å². The number of aliphatic hydroxyl groups is 2. The second-order valence-corrected chi connectivity index (χ2v) is 7.00. The summed E-state index contributed by atoms with van der Waals surface area (Å²) in [7, 11) is 0. The van der Waals surface area contributed by atoms with Crippen LogP contribution >= 0.6 is 0 Å². The Hall–Kier alpha value is -0.870. The van der Waals surface area contributed by atoms with Crippen LogP contribution < -0.4 is 5.32 Å². The van der Waals surface area contributed by atoms with Crippen LogP contribution in [0.25, 0.3) is 0 Å². The van der Waals surface area contributed by atoms with Crippen LogP contribution in [0.3, 0.4) is 0 Å². The Balaban J connectivity index is 3.83. The van der Waals surface area contributed by atoms with E-state index in [0.717, 1.165) is 38.5 Å². The van der Waals surface area contributed by atoms with Gasteiger partial charge in [0.1, 0.15) is 0 Å². The minimum Gasteiger partial charge on any atom is -0.394 e. The Morgan fingerprint density at radius 2 is 1.48 bits per heavy atom. The van der Waals surface area contributed by atoms with Gasteiger partial charge in [-0.25, -0.2) is 0 Å². The number of unbranched alkanes of at least 4 members (excludes halogenated alkanes) is 10. The average molecular weight is 356 g/mol. The summed E-state index contributed by atoms with van der Waals surface area (Å²) in [6.07, 6.45) is 17.3. The zero-order valence-electron chi connectivity index (χ0n) is 16.5. The molecule has 4 heteroatoms. The van der Waals surface area contributed by atoms with Gasteiger partial charge in [-0.1, -0.05) is 83.8 Å². The van der Waals surface area contributed by atoms with E-state index < -0.39 is 12.1 Å². The van der Waals surface area contributed by atoms with E-state index in [-0.39, 0.29) is 12.5 Å². The van der Waals surface area contributed by atoms with Gasteiger partial charge in [0.15, 0.2) is 0 Å². The van der Waals surface area contributed by atoms with Crippen LogP contribution in [0.4, 0.5) is 0 Å². The van der Waals surface area contributed by atoms with Gasteiger partial charge in [0, 0.05) is 6.42 Å². The molecule has 0 radical (unpaired) electrons. The second kappa shape index (κ2) is 17.9. The van der Waals surface area contributed by atoms with Crippen molar-refractivity contribution in [3.63, 3.8) is 0 Å². The number of aliphatic hydroxyl groups excluding tert-OH is 2. The summed E-state index contributed by atoms with van der Waals surface area (Å²) in [6.45, 7) is 4.12. The van der Waals surface area contributed by atoms with E-state index in [1.807, 2.05) is 6.08 Å². The number of hydrogen-bond acceptors (Lipinski definition) is 3. The third-order valence-electron chi connectivity index (χ3n) is 4.52. The van der Waals surface area contributed by atoms with E-state index in [1.165, 1.54) is 38.5 Å². The molecule has 2 atom stereocenters. The SMILES string of the molecule is CCCCCCCCC/C=C/C(O)C(CO)NC(=O)CCCCCC. The highest BCUT2D eigenvalue weighted by atomic mass is 16.3. The molecule has 1 amide bonds. The molecule has 0 aromatic carbocycles. The molecule has 0 aliphatic rings. The first-order valence-corrected chi connectivity index (χ1v) is 10.4. The quantitative estimate of drug-likeness (QED) is 0.266. The Kier molecular flexibility index (Phi) is 17.3. The molecule has 148 valence electrons. The van der Waals surface area contributed by atoms with Gasteiger partial charge in [-0.2, -0.15) is 0 Å². The van der Waals surface area contributed by atoms with Crippen LogP contribution in [-0.4, -0.2) is 34.9 Å². The highest BCUT2D eigenvalue weighted by Crippen LogP contribution is 2.09. The molecule has 0 saturated heterocycles. The molecule has 0 fully saturated rings. The van der Waals surface area contributed by atoms with E-state index in [2.05, 4.69) is 19.2 Å². The lowest BCUT2D eigenvalue weighted by Gasteiger charge is -2.19. The largest absolute Gasteiger partial charge is 0.394 e. The third-order valence-corrected chi connectivity index (χ3v) is 4.52. The van der Waals surface area contributed by atoms with E-state index in [1.54, 1.807) is 6.08 Å². The molecule has 0 aromatic heterocycles. The van der Waals surface area contributed by atoms with Crippen LogP contribution in [0.2, 0.25) is 0 Å². The lowest BCUT2D eigenvalue weighted by molar-refractivity contribution is -0.123. The number of carbonyl (C=O) groups excluding carboxylic acids is 1. The fourth-order valence-corrected chi connectivity index (χ4v) is 2.82. The maximum atomic E-state index is 11.8. The zero-order chi connectivity index (χ0) is 18.8. The summed E-state index contributed by atoms with van der Waals surface area (Å²) in [4.78, 5) is 11.8. The standard InChI is InChI=1S/C21H41NO3/c1-3-5-7-9-10-11-12-13-14-16-20(24)19(18-23)22-21(25)17-15-8-6-4-2/h14,16,19-20,23-24H,3-13,15,17-18H2,1-2H3,(H,22,25)/b16-14+. The summed E-state index contributed by atoms with van der Waals surface area (Å²) in [5.74, 6) is -0.0883. The molecule has 4 nitrogen and oxygen atoms in total. The van der Waals surface area contributed by atoms with Gasteiger partial charge in [0.2, 0.25) is 5.91 Å². The molecule has 3 N–H and O–H groups in total. The summed E-state index contributed by atoms with van der Waals surface area (Å²) < 4.78 is 0. The first-order chi connectivity index (χ1) is 12.2. The second-order valence-electron chi connectivity index (χ2n) is 7.00. The molecule has 0 rings (SSSR count). The van der Waals surface area contributed by atoms with Crippen molar-refractivity contribution in [3.8, 4) is 0 Å². The van der Waals surface area contributed by atoms with Crippen LogP contribution in [0, 0.1) is 0 Å². The topological polar surface area (TPSA) is 69.6 Å². The number of amides is 1. The third kappa shape index (κ3) is 15.1. The van der Waals surface area contributed by atoms with Crippen LogP contribution in [-0.2, 0) is 4.79 Å². The molecular weight excluding hydrogens is 314 g/mol. The van der Waals surface area contributed by atoms with Gasteiger partial charge in [0.05, 0.1) is 18.8 Å². The lowest BCUT2D eigenvalue weighted by atomic mass is 10.1. The Bertz CT molecular complexity index is 331. The van der Waals surface area contributed by atoms with Gasteiger partial charge < -0.3 is 15.5 Å². The lowest BCUT2D eigenvalue weighted by Crippen LogP contribution is -2.45. The van der Waals surface area contributed by atoms with Crippen LogP contribution in [0.1, 0.15) is 97.3 Å². The van der Waals surface area contributed by atoms with Crippen molar-refractivity contribution in [1.29, 1.82) is 0 Å². The van der Waals surface area contributed by atoms with Crippen molar-refractivity contribution in [1.82, 2.24) is 5.32 Å². The summed E-state index contributed by atoms with van der Waals surface area (Å²) in [6, 6.07) is -0.607. The summed E-state index contributed by atoms with van der Waals surface area (Å²) in [5.41, 5.74) is 0. The Labute approximate surface area is 155 Å². The Morgan fingerprint density at radius 1 is 0.920 bits per heavy atom. The van der Waals surface area contributed by atoms with E-state index in [9.17, 15) is 15.0 Å². The molecule has 0 aromatic rings. The highest BCUT2D eigenvalue weighted by molar-refractivity contribution is 5.76. The molecule has 0 saturated carbocycles. The van der Waals surface area contributed by atoms with Crippen LogP contribution in [0.15, 0.2) is 12.2 Å². The molecule has 0 spiro atoms. The van der Waals surface area contributed by atoms with Crippen molar-refractivity contribution in [2.75, 3.05) is 6.61 Å². The fraction of sp³-hybridized carbons (Fsp3) is 0.857. The monoisotopic (exact) mass is 355 g/mol. The van der Waals surface area contributed by atoms with Gasteiger partial charge >= 0.3 is 0 Å². The Morgan fingerprint density at radius 3 is 2.08 bits per heavy atom. The molecule has 25 heavy (non-hydrogen) atoms. The predicted octanol–water partition coefficient (Wildman–Crippen LogP) is 4.49. The predicted molar refractivity (Wildman–Crippen MR) is 106 cm³/mol. The molecule has 0 aliphatic carbocycles. The van der Waals surface area contributed by atoms with E-state index >= 15 is 0 Å². The molecule has 0 bridgehead atoms. The van der Waals surface area contributed by atoms with Crippen molar-refractivity contribution in [2.24, 2.45) is 0 Å². The molecular formula is C21H41NO3. The average Bonchev–Trinajstić information content (AvgIpc) is 2.61.